The number of carbonyl (C=O) groups excluding carboxylic acids is 1. The molecule has 0 unspecified atom stereocenters. The van der Waals surface area contributed by atoms with E-state index in [2.05, 4.69) is 87.3 Å². The van der Waals surface area contributed by atoms with Crippen LogP contribution in [0.15, 0.2) is 66.9 Å². The summed E-state index contributed by atoms with van der Waals surface area (Å²) >= 11 is 0. The van der Waals surface area contributed by atoms with Crippen LogP contribution in [0.3, 0.4) is 0 Å². The Morgan fingerprint density at radius 3 is 2.61 bits per heavy atom. The van der Waals surface area contributed by atoms with Crippen LogP contribution < -0.4 is 0 Å². The molecular weight excluding hydrogens is 446 g/mol. The molecule has 180 valence electrons. The molecule has 1 amide bonds. The Labute approximate surface area is 210 Å². The third kappa shape index (κ3) is 3.77. The highest BCUT2D eigenvalue weighted by atomic mass is 16.2. The summed E-state index contributed by atoms with van der Waals surface area (Å²) in [6.45, 7) is 4.75. The molecule has 0 radical (unpaired) electrons. The van der Waals surface area contributed by atoms with Gasteiger partial charge in [0.2, 0.25) is 5.91 Å². The van der Waals surface area contributed by atoms with Gasteiger partial charge in [-0.3, -0.25) is 9.89 Å². The second kappa shape index (κ2) is 8.33. The zero-order chi connectivity index (χ0) is 24.2. The lowest BCUT2D eigenvalue weighted by atomic mass is 10.0. The summed E-state index contributed by atoms with van der Waals surface area (Å²) in [5.41, 5.74) is 7.90. The highest BCUT2D eigenvalue weighted by Gasteiger charge is 2.36. The SMILES string of the molecule is Cc1ccc2nc(-c3ccc(-c4ccc5cn[nH]c5c4)cc3)n(C[C@H]3CCN(C(=O)C4CC4)C3)c2c1. The average molecular weight is 476 g/mol. The molecule has 6 nitrogen and oxygen atoms in total. The fourth-order valence-corrected chi connectivity index (χ4v) is 5.59. The molecule has 3 aromatic carbocycles. The third-order valence-electron chi connectivity index (χ3n) is 7.79. The van der Waals surface area contributed by atoms with Crippen LogP contribution in [0, 0.1) is 18.8 Å². The summed E-state index contributed by atoms with van der Waals surface area (Å²) < 4.78 is 2.38. The van der Waals surface area contributed by atoms with E-state index >= 15 is 0 Å². The lowest BCUT2D eigenvalue weighted by Gasteiger charge is -2.18. The Balaban J connectivity index is 1.21. The molecule has 1 aliphatic carbocycles. The van der Waals surface area contributed by atoms with Gasteiger partial charge >= 0.3 is 0 Å². The summed E-state index contributed by atoms with van der Waals surface area (Å²) in [6.07, 6.45) is 5.04. The molecule has 5 aromatic rings. The number of benzene rings is 3. The number of nitrogens with one attached hydrogen (secondary N) is 1. The molecule has 3 heterocycles. The van der Waals surface area contributed by atoms with Crippen LogP contribution in [0.25, 0.3) is 44.5 Å². The van der Waals surface area contributed by atoms with Crippen LogP contribution in [0.5, 0.6) is 0 Å². The van der Waals surface area contributed by atoms with E-state index in [1.165, 1.54) is 16.6 Å². The summed E-state index contributed by atoms with van der Waals surface area (Å²) in [5.74, 6) is 2.11. The van der Waals surface area contributed by atoms with Gasteiger partial charge in [-0.25, -0.2) is 4.98 Å². The predicted octanol–water partition coefficient (Wildman–Crippen LogP) is 5.81. The van der Waals surface area contributed by atoms with Crippen molar-refractivity contribution in [3.05, 3.63) is 72.4 Å². The Hall–Kier alpha value is -3.93. The molecular formula is C30H29N5O. The van der Waals surface area contributed by atoms with Crippen LogP contribution in [-0.4, -0.2) is 43.6 Å². The summed E-state index contributed by atoms with van der Waals surface area (Å²) in [7, 11) is 0. The van der Waals surface area contributed by atoms with Gasteiger partial charge in [0, 0.05) is 36.5 Å². The highest BCUT2D eigenvalue weighted by Crippen LogP contribution is 2.34. The number of aromatic amines is 1. The Morgan fingerprint density at radius 2 is 1.78 bits per heavy atom. The van der Waals surface area contributed by atoms with Gasteiger partial charge in [0.1, 0.15) is 5.82 Å². The minimum Gasteiger partial charge on any atom is -0.342 e. The molecule has 1 saturated heterocycles. The number of rotatable bonds is 5. The number of H-pyrrole nitrogens is 1. The number of carbonyl (C=O) groups is 1. The van der Waals surface area contributed by atoms with Crippen LogP contribution in [0.4, 0.5) is 0 Å². The maximum absolute atomic E-state index is 12.6. The standard InChI is InChI=1S/C30H29N5O/c1-19-2-11-26-28(14-19)35(18-20-12-13-34(17-20)30(36)23-7-8-23)29(32-26)22-5-3-21(4-6-22)24-9-10-25-16-31-33-27(25)15-24/h2-6,9-11,14-16,20,23H,7-8,12-13,17-18H2,1H3,(H,31,33)/t20-/m0/s1. The van der Waals surface area contributed by atoms with E-state index < -0.39 is 0 Å². The van der Waals surface area contributed by atoms with Gasteiger partial charge in [-0.2, -0.15) is 5.10 Å². The Morgan fingerprint density at radius 1 is 0.972 bits per heavy atom. The van der Waals surface area contributed by atoms with E-state index in [1.807, 2.05) is 6.20 Å². The number of fused-ring (bicyclic) bond motifs is 2. The van der Waals surface area contributed by atoms with Crippen molar-refractivity contribution in [2.24, 2.45) is 11.8 Å². The largest absolute Gasteiger partial charge is 0.342 e. The van der Waals surface area contributed by atoms with Crippen molar-refractivity contribution < 1.29 is 4.79 Å². The first-order valence-corrected chi connectivity index (χ1v) is 12.9. The summed E-state index contributed by atoms with van der Waals surface area (Å²) in [4.78, 5) is 19.8. The van der Waals surface area contributed by atoms with Gasteiger partial charge in [0.15, 0.2) is 0 Å². The van der Waals surface area contributed by atoms with Crippen LogP contribution >= 0.6 is 0 Å². The lowest BCUT2D eigenvalue weighted by Crippen LogP contribution is -2.30. The lowest BCUT2D eigenvalue weighted by molar-refractivity contribution is -0.131. The number of imidazole rings is 1. The minimum atomic E-state index is 0.295. The summed E-state index contributed by atoms with van der Waals surface area (Å²) in [5, 5.41) is 8.31. The molecule has 2 aromatic heterocycles. The fraction of sp³-hybridized carbons (Fsp3) is 0.300. The molecule has 36 heavy (non-hydrogen) atoms. The quantitative estimate of drug-likeness (QED) is 0.349. The fourth-order valence-electron chi connectivity index (χ4n) is 5.59. The maximum atomic E-state index is 12.6. The molecule has 1 N–H and O–H groups in total. The van der Waals surface area contributed by atoms with E-state index in [-0.39, 0.29) is 0 Å². The number of amides is 1. The van der Waals surface area contributed by atoms with Crippen molar-refractivity contribution >= 4 is 27.8 Å². The highest BCUT2D eigenvalue weighted by molar-refractivity contribution is 5.85. The number of likely N-dealkylation sites (tertiary alicyclic amines) is 1. The monoisotopic (exact) mass is 475 g/mol. The van der Waals surface area contributed by atoms with Gasteiger partial charge in [-0.05, 0) is 67.0 Å². The predicted molar refractivity (Wildman–Crippen MR) is 142 cm³/mol. The van der Waals surface area contributed by atoms with Crippen LogP contribution in [-0.2, 0) is 11.3 Å². The zero-order valence-electron chi connectivity index (χ0n) is 20.4. The Bertz CT molecular complexity index is 1590. The molecule has 2 fully saturated rings. The van der Waals surface area contributed by atoms with E-state index in [1.54, 1.807) is 0 Å². The number of aryl methyl sites for hydroxylation is 1. The average Bonchev–Trinajstić information content (AvgIpc) is 3.30. The van der Waals surface area contributed by atoms with Crippen molar-refractivity contribution in [3.63, 3.8) is 0 Å². The van der Waals surface area contributed by atoms with Crippen molar-refractivity contribution in [1.29, 1.82) is 0 Å². The van der Waals surface area contributed by atoms with E-state index in [9.17, 15) is 4.79 Å². The smallest absolute Gasteiger partial charge is 0.225 e. The number of nitrogens with zero attached hydrogens (tertiary/aromatic N) is 4. The minimum absolute atomic E-state index is 0.295. The maximum Gasteiger partial charge on any atom is 0.225 e. The molecule has 2 aliphatic rings. The first kappa shape index (κ1) is 21.4. The molecule has 6 heteroatoms. The molecule has 1 saturated carbocycles. The van der Waals surface area contributed by atoms with E-state index in [0.29, 0.717) is 17.7 Å². The van der Waals surface area contributed by atoms with Crippen molar-refractivity contribution in [2.45, 2.75) is 32.7 Å². The van der Waals surface area contributed by atoms with E-state index in [4.69, 9.17) is 4.98 Å². The van der Waals surface area contributed by atoms with Crippen LogP contribution in [0.1, 0.15) is 24.8 Å². The van der Waals surface area contributed by atoms with Crippen LogP contribution in [0.2, 0.25) is 0 Å². The normalized spacial score (nSPS) is 17.9. The molecule has 7 rings (SSSR count). The number of aromatic nitrogens is 4. The van der Waals surface area contributed by atoms with E-state index in [0.717, 1.165) is 72.3 Å². The number of hydrogen-bond donors (Lipinski definition) is 1. The third-order valence-corrected chi connectivity index (χ3v) is 7.79. The zero-order valence-corrected chi connectivity index (χ0v) is 20.4. The number of hydrogen-bond acceptors (Lipinski definition) is 3. The summed E-state index contributed by atoms with van der Waals surface area (Å²) in [6, 6.07) is 21.6. The first-order valence-electron chi connectivity index (χ1n) is 12.9. The van der Waals surface area contributed by atoms with Gasteiger partial charge in [0.05, 0.1) is 22.7 Å². The topological polar surface area (TPSA) is 66.8 Å². The second-order valence-corrected chi connectivity index (χ2v) is 10.5. The molecule has 1 atom stereocenters. The van der Waals surface area contributed by atoms with Crippen molar-refractivity contribution in [2.75, 3.05) is 13.1 Å². The van der Waals surface area contributed by atoms with Gasteiger partial charge in [-0.1, -0.05) is 42.5 Å². The second-order valence-electron chi connectivity index (χ2n) is 10.5. The first-order chi connectivity index (χ1) is 17.6. The van der Waals surface area contributed by atoms with Crippen molar-refractivity contribution in [3.8, 4) is 22.5 Å². The van der Waals surface area contributed by atoms with Gasteiger partial charge in [0.25, 0.3) is 0 Å². The molecule has 0 spiro atoms. The molecule has 0 bridgehead atoms. The molecule has 1 aliphatic heterocycles. The van der Waals surface area contributed by atoms with Gasteiger partial charge < -0.3 is 9.47 Å². The van der Waals surface area contributed by atoms with Crippen molar-refractivity contribution in [1.82, 2.24) is 24.6 Å². The van der Waals surface area contributed by atoms with Gasteiger partial charge in [-0.15, -0.1) is 0 Å². The Kier molecular flexibility index (Phi) is 4.94.